The maximum absolute atomic E-state index is 13.0. The van der Waals surface area contributed by atoms with Gasteiger partial charge in [0, 0.05) is 19.1 Å². The molecule has 1 aromatic rings. The molecular weight excluding hydrogens is 286 g/mol. The van der Waals surface area contributed by atoms with E-state index in [-0.39, 0.29) is 11.6 Å². The number of nitrogens with one attached hydrogen (secondary N) is 1. The number of nitriles is 1. The molecular formula is C14H15F4N3. The van der Waals surface area contributed by atoms with E-state index in [9.17, 15) is 17.6 Å². The average Bonchev–Trinajstić information content (AvgIpc) is 2.41. The Balaban J connectivity index is 1.91. The van der Waals surface area contributed by atoms with Crippen molar-refractivity contribution in [2.75, 3.05) is 25.0 Å². The maximum Gasteiger partial charge on any atom is 0.401 e. The highest BCUT2D eigenvalue weighted by Crippen LogP contribution is 2.23. The lowest BCUT2D eigenvalue weighted by molar-refractivity contribution is -0.147. The van der Waals surface area contributed by atoms with Crippen LogP contribution in [0.25, 0.3) is 0 Å². The number of nitrogens with zero attached hydrogens (tertiary/aromatic N) is 2. The Morgan fingerprint density at radius 3 is 2.52 bits per heavy atom. The Bertz CT molecular complexity index is 528. The van der Waals surface area contributed by atoms with E-state index in [4.69, 9.17) is 5.26 Å². The third kappa shape index (κ3) is 4.60. The zero-order valence-electron chi connectivity index (χ0n) is 11.3. The molecule has 1 N–H and O–H groups in total. The Kier molecular flexibility index (Phi) is 4.68. The van der Waals surface area contributed by atoms with E-state index in [2.05, 4.69) is 5.32 Å². The molecule has 0 spiro atoms. The molecule has 0 bridgehead atoms. The number of halogens is 4. The van der Waals surface area contributed by atoms with E-state index >= 15 is 0 Å². The molecule has 0 aliphatic carbocycles. The molecule has 114 valence electrons. The minimum atomic E-state index is -4.18. The summed E-state index contributed by atoms with van der Waals surface area (Å²) >= 11 is 0. The van der Waals surface area contributed by atoms with Crippen LogP contribution in [0.4, 0.5) is 23.2 Å². The van der Waals surface area contributed by atoms with E-state index in [1.807, 2.05) is 6.07 Å². The number of hydrogen-bond acceptors (Lipinski definition) is 3. The van der Waals surface area contributed by atoms with Gasteiger partial charge in [0.1, 0.15) is 11.9 Å². The summed E-state index contributed by atoms with van der Waals surface area (Å²) < 4.78 is 49.9. The molecule has 0 unspecified atom stereocenters. The highest BCUT2D eigenvalue weighted by molar-refractivity contribution is 5.57. The Labute approximate surface area is 120 Å². The number of benzene rings is 1. The van der Waals surface area contributed by atoms with Crippen molar-refractivity contribution in [2.24, 2.45) is 0 Å². The average molecular weight is 301 g/mol. The topological polar surface area (TPSA) is 39.1 Å². The fourth-order valence-electron chi connectivity index (χ4n) is 2.44. The molecule has 0 amide bonds. The second-order valence-corrected chi connectivity index (χ2v) is 5.11. The SMILES string of the molecule is N#Cc1cc(F)ccc1NC1CCN(CC(F)(F)F)CC1. The zero-order valence-corrected chi connectivity index (χ0v) is 11.3. The Hall–Kier alpha value is -1.81. The second-order valence-electron chi connectivity index (χ2n) is 5.11. The predicted octanol–water partition coefficient (Wildman–Crippen LogP) is 3.14. The zero-order chi connectivity index (χ0) is 15.5. The van der Waals surface area contributed by atoms with Gasteiger partial charge in [0.05, 0.1) is 17.8 Å². The van der Waals surface area contributed by atoms with Crippen LogP contribution < -0.4 is 5.32 Å². The maximum atomic E-state index is 13.0. The lowest BCUT2D eigenvalue weighted by atomic mass is 10.0. The van der Waals surface area contributed by atoms with Gasteiger partial charge in [-0.25, -0.2) is 4.39 Å². The van der Waals surface area contributed by atoms with Crippen LogP contribution in [-0.2, 0) is 0 Å². The van der Waals surface area contributed by atoms with Crippen molar-refractivity contribution in [3.05, 3.63) is 29.6 Å². The van der Waals surface area contributed by atoms with Gasteiger partial charge in [0.25, 0.3) is 0 Å². The van der Waals surface area contributed by atoms with E-state index in [1.54, 1.807) is 0 Å². The second kappa shape index (κ2) is 6.31. The van der Waals surface area contributed by atoms with Crippen molar-refractivity contribution in [3.63, 3.8) is 0 Å². The van der Waals surface area contributed by atoms with Crippen LogP contribution in [0, 0.1) is 17.1 Å². The fraction of sp³-hybridized carbons (Fsp3) is 0.500. The van der Waals surface area contributed by atoms with Gasteiger partial charge in [0.15, 0.2) is 0 Å². The van der Waals surface area contributed by atoms with Crippen LogP contribution >= 0.6 is 0 Å². The van der Waals surface area contributed by atoms with Gasteiger partial charge in [-0.05, 0) is 31.0 Å². The highest BCUT2D eigenvalue weighted by atomic mass is 19.4. The molecule has 2 rings (SSSR count). The molecule has 0 aromatic heterocycles. The number of rotatable bonds is 3. The minimum absolute atomic E-state index is 0.00737. The third-order valence-corrected chi connectivity index (χ3v) is 3.45. The summed E-state index contributed by atoms with van der Waals surface area (Å²) in [5.74, 6) is -0.489. The quantitative estimate of drug-likeness (QED) is 0.872. The van der Waals surface area contributed by atoms with Crippen LogP contribution in [0.5, 0.6) is 0 Å². The smallest absolute Gasteiger partial charge is 0.381 e. The number of anilines is 1. The molecule has 1 heterocycles. The van der Waals surface area contributed by atoms with E-state index in [1.165, 1.54) is 17.0 Å². The molecule has 0 saturated carbocycles. The molecule has 1 fully saturated rings. The number of alkyl halides is 3. The van der Waals surface area contributed by atoms with E-state index in [0.29, 0.717) is 31.6 Å². The van der Waals surface area contributed by atoms with E-state index < -0.39 is 18.5 Å². The van der Waals surface area contributed by atoms with Gasteiger partial charge < -0.3 is 5.32 Å². The first kappa shape index (κ1) is 15.6. The summed E-state index contributed by atoms with van der Waals surface area (Å²) in [4.78, 5) is 1.37. The molecule has 0 radical (unpaired) electrons. The molecule has 0 atom stereocenters. The van der Waals surface area contributed by atoms with Gasteiger partial charge in [-0.15, -0.1) is 0 Å². The van der Waals surface area contributed by atoms with Gasteiger partial charge in [-0.3, -0.25) is 4.90 Å². The summed E-state index contributed by atoms with van der Waals surface area (Å²) in [5.41, 5.74) is 0.723. The molecule has 1 aliphatic rings. The monoisotopic (exact) mass is 301 g/mol. The van der Waals surface area contributed by atoms with Crippen LogP contribution in [0.1, 0.15) is 18.4 Å². The van der Waals surface area contributed by atoms with E-state index in [0.717, 1.165) is 6.07 Å². The highest BCUT2D eigenvalue weighted by Gasteiger charge is 2.32. The molecule has 1 aromatic carbocycles. The van der Waals surface area contributed by atoms with Crippen LogP contribution in [-0.4, -0.2) is 36.8 Å². The summed E-state index contributed by atoms with van der Waals surface area (Å²) in [6.45, 7) is -0.194. The summed E-state index contributed by atoms with van der Waals surface area (Å²) in [7, 11) is 0. The molecule has 21 heavy (non-hydrogen) atoms. The normalized spacial score (nSPS) is 17.5. The Morgan fingerprint density at radius 2 is 1.95 bits per heavy atom. The first-order valence-electron chi connectivity index (χ1n) is 6.62. The van der Waals surface area contributed by atoms with Crippen molar-refractivity contribution in [2.45, 2.75) is 25.1 Å². The predicted molar refractivity (Wildman–Crippen MR) is 70.3 cm³/mol. The first-order chi connectivity index (χ1) is 9.87. The number of piperidine rings is 1. The lowest BCUT2D eigenvalue weighted by Crippen LogP contribution is -2.43. The Morgan fingerprint density at radius 1 is 1.29 bits per heavy atom. The summed E-state index contributed by atoms with van der Waals surface area (Å²) in [6.07, 6.45) is -3.07. The van der Waals surface area contributed by atoms with Crippen molar-refractivity contribution >= 4 is 5.69 Å². The molecule has 1 aliphatic heterocycles. The standard InChI is InChI=1S/C14H15F4N3/c15-11-1-2-13(10(7-11)8-19)20-12-3-5-21(6-4-12)9-14(16,17)18/h1-2,7,12,20H,3-6,9H2. The summed E-state index contributed by atoms with van der Waals surface area (Å²) in [5, 5.41) is 12.1. The number of hydrogen-bond donors (Lipinski definition) is 1. The third-order valence-electron chi connectivity index (χ3n) is 3.45. The molecule has 3 nitrogen and oxygen atoms in total. The van der Waals surface area contributed by atoms with Crippen molar-refractivity contribution in [1.29, 1.82) is 5.26 Å². The minimum Gasteiger partial charge on any atom is -0.381 e. The van der Waals surface area contributed by atoms with Crippen LogP contribution in [0.3, 0.4) is 0 Å². The lowest BCUT2D eigenvalue weighted by Gasteiger charge is -2.33. The van der Waals surface area contributed by atoms with Crippen LogP contribution in [0.2, 0.25) is 0 Å². The van der Waals surface area contributed by atoms with Crippen molar-refractivity contribution in [3.8, 4) is 6.07 Å². The van der Waals surface area contributed by atoms with Crippen molar-refractivity contribution in [1.82, 2.24) is 4.90 Å². The van der Waals surface area contributed by atoms with Gasteiger partial charge in [-0.1, -0.05) is 0 Å². The summed E-state index contributed by atoms with van der Waals surface area (Å²) in [6, 6.07) is 5.77. The first-order valence-corrected chi connectivity index (χ1v) is 6.62. The number of likely N-dealkylation sites (tertiary alicyclic amines) is 1. The largest absolute Gasteiger partial charge is 0.401 e. The van der Waals surface area contributed by atoms with Gasteiger partial charge in [-0.2, -0.15) is 18.4 Å². The molecule has 7 heteroatoms. The van der Waals surface area contributed by atoms with Gasteiger partial charge >= 0.3 is 6.18 Å². The van der Waals surface area contributed by atoms with Gasteiger partial charge in [0.2, 0.25) is 0 Å². The van der Waals surface area contributed by atoms with Crippen LogP contribution in [0.15, 0.2) is 18.2 Å². The molecule has 1 saturated heterocycles. The van der Waals surface area contributed by atoms with Crippen molar-refractivity contribution < 1.29 is 17.6 Å². The fourth-order valence-corrected chi connectivity index (χ4v) is 2.44.